The van der Waals surface area contributed by atoms with E-state index in [2.05, 4.69) is 63.1 Å². The molecule has 9 rings (SSSR count). The molecule has 2 aromatic heterocycles. The number of para-hydroxylation sites is 2. The number of rotatable bonds is 31. The van der Waals surface area contributed by atoms with Crippen molar-refractivity contribution in [3.8, 4) is 5.75 Å². The minimum absolute atomic E-state index is 0.0576. The van der Waals surface area contributed by atoms with E-state index in [0.29, 0.717) is 75.1 Å². The number of aliphatic imine (C=N–C) groups is 1. The van der Waals surface area contributed by atoms with Gasteiger partial charge in [0.05, 0.1) is 31.2 Å². The highest BCUT2D eigenvalue weighted by Gasteiger charge is 2.47. The van der Waals surface area contributed by atoms with E-state index in [1.54, 1.807) is 74.8 Å². The molecule has 5 aromatic rings. The third kappa shape index (κ3) is 31.3. The molecule has 4 aliphatic heterocycles. The fourth-order valence-electron chi connectivity index (χ4n) is 17.6. The van der Waals surface area contributed by atoms with Crippen molar-refractivity contribution in [2.75, 3.05) is 65.4 Å². The first-order chi connectivity index (χ1) is 67.2. The number of nitrogens with zero attached hydrogens (tertiary/aromatic N) is 7. The fourth-order valence-corrected chi connectivity index (χ4v) is 18.5. The van der Waals surface area contributed by atoms with Gasteiger partial charge >= 0.3 is 17.9 Å². The Morgan fingerprint density at radius 2 is 1.07 bits per heavy atom. The quantitative estimate of drug-likeness (QED) is 0.0223. The number of benzene rings is 3. The van der Waals surface area contributed by atoms with Gasteiger partial charge in [0.1, 0.15) is 96.9 Å². The van der Waals surface area contributed by atoms with Crippen molar-refractivity contribution in [1.29, 1.82) is 0 Å². The highest BCUT2D eigenvalue weighted by atomic mass is 32.2. The predicted molar refractivity (Wildman–Crippen MR) is 515 cm³/mol. The summed E-state index contributed by atoms with van der Waals surface area (Å²) in [4.78, 5) is 289. The van der Waals surface area contributed by atoms with Gasteiger partial charge in [-0.05, 0) is 137 Å². The first kappa shape index (κ1) is 111. The summed E-state index contributed by atoms with van der Waals surface area (Å²) < 4.78 is 1.42. The number of aliphatic hydroxyl groups excluding tert-OH is 1. The molecule has 6 heterocycles. The number of aromatic hydroxyl groups is 1. The van der Waals surface area contributed by atoms with Crippen LogP contribution in [0.3, 0.4) is 0 Å². The second-order valence-corrected chi connectivity index (χ2v) is 36.9. The van der Waals surface area contributed by atoms with E-state index in [-0.39, 0.29) is 122 Å². The molecule has 4 aliphatic rings. The number of amides is 16. The van der Waals surface area contributed by atoms with E-state index in [1.807, 2.05) is 0 Å². The van der Waals surface area contributed by atoms with Crippen LogP contribution in [0.15, 0.2) is 102 Å². The molecule has 3 saturated heterocycles. The molecule has 16 amide bonds. The van der Waals surface area contributed by atoms with E-state index >= 15 is 38.4 Å². The molecule has 0 spiro atoms. The van der Waals surface area contributed by atoms with Gasteiger partial charge in [-0.1, -0.05) is 88.1 Å². The lowest BCUT2D eigenvalue weighted by atomic mass is 9.99. The second kappa shape index (κ2) is 53.5. The summed E-state index contributed by atoms with van der Waals surface area (Å²) in [5.41, 5.74) is 20.2. The van der Waals surface area contributed by atoms with E-state index in [4.69, 9.17) is 17.2 Å². The highest BCUT2D eigenvalue weighted by Crippen LogP contribution is 2.30. The number of likely N-dealkylation sites (N-methyl/N-ethyl adjacent to an activating group) is 3. The summed E-state index contributed by atoms with van der Waals surface area (Å²) in [6.45, 7) is 3.00. The summed E-state index contributed by atoms with van der Waals surface area (Å²) in [5, 5.41) is 79.8. The maximum Gasteiger partial charge on any atom is 0.323 e. The minimum atomic E-state index is -2.06. The largest absolute Gasteiger partial charge is 0.508 e. The zero-order chi connectivity index (χ0) is 103. The van der Waals surface area contributed by atoms with Gasteiger partial charge in [-0.2, -0.15) is 0 Å². The number of aromatic nitrogens is 2. The number of nitrogens with two attached hydrogens (primary N) is 3. The van der Waals surface area contributed by atoms with Gasteiger partial charge < -0.3 is 130 Å². The molecule has 766 valence electrons. The number of unbranched alkanes of at least 4 members (excludes halogenated alkanes) is 4. The molecule has 0 aliphatic carbocycles. The Balaban J connectivity index is 1.13. The number of hydrogen-bond acceptors (Lipinski definition) is 25. The number of phenolic OH excluding ortho intramolecular Hbond substituents is 1. The number of nitrogens with one attached hydrogen (secondary N) is 11. The van der Waals surface area contributed by atoms with Crippen molar-refractivity contribution in [3.63, 3.8) is 0 Å². The lowest BCUT2D eigenvalue weighted by Crippen LogP contribution is -2.61. The van der Waals surface area contributed by atoms with Gasteiger partial charge in [-0.3, -0.25) is 96.1 Å². The number of carbonyl (C=O) groups is 19. The summed E-state index contributed by atoms with van der Waals surface area (Å²) in [7, 11) is 3.70. The Labute approximate surface area is 818 Å². The zero-order valence-electron chi connectivity index (χ0n) is 79.9. The minimum Gasteiger partial charge on any atom is -0.508 e. The number of aliphatic hydroxyl groups is 1. The van der Waals surface area contributed by atoms with Crippen LogP contribution in [0.1, 0.15) is 159 Å². The molecule has 15 atom stereocenters. The highest BCUT2D eigenvalue weighted by molar-refractivity contribution is 8.00. The molecular weight excluding hydrogens is 1850 g/mol. The normalized spacial score (nSPS) is 24.6. The number of fused-ring (bicyclic) bond motifs is 4. The molecule has 0 unspecified atom stereocenters. The van der Waals surface area contributed by atoms with Gasteiger partial charge in [0, 0.05) is 119 Å². The van der Waals surface area contributed by atoms with Crippen LogP contribution in [0.2, 0.25) is 0 Å². The molecular formula is C95H131N21O24S. The Morgan fingerprint density at radius 3 is 1.71 bits per heavy atom. The number of carboxylic acids is 3. The standard InChI is InChI=1S/C95H131N21O24S/c1-7-9-25-73-88(133)107-67(43-79(121)122)87(132)110-71(83(128)101-47-77(98)119)51-141-52-78(120)102-68(38-54-29-31-58(117)32-30-54)91(136)111(4)53(3)82(127)108-70(44-80(123)124)94(139)115-37-19-28-74(115)89(134)105-65(39-55-33-36-99-45-55)85(130)104-64(24-16-18-35-97)93(138)116-49-59(118)42-76(116)90(135)106-66(40-56-46-100-62-22-13-11-20-60(56)62)86(131)103-63(23-15-17-34-96)84(129)109-69(92(137)113(6)75(26-10-8-2)95(140)112(73)5)41-57-48-114(50-81(125)126)72-27-14-12-21-61(57)72/h11-14,20-22,27,29-32,36,45-46,48,53,59,63-71,73-76,100,117-118H,7-10,15-19,23-26,28,33-35,37-44,47,49-52,96-97H2,1-6H3,(H2,98,119)(H,101,128)(H,102,120)(H,103,131)(H,104,130)(H,105,134)(H,106,135)(H,107,133)(H,108,127)(H,109,129)(H,110,132)(H,121,122)(H,123,124)(H,125,126)/t53-,59+,63-,64-,65-,66-,67-,68-,69-,70-,71-,73-,74-,75-,76-/m0/s1. The Morgan fingerprint density at radius 1 is 0.525 bits per heavy atom. The maximum absolute atomic E-state index is 16.1. The lowest BCUT2D eigenvalue weighted by molar-refractivity contribution is -0.149. The monoisotopic (exact) mass is 1980 g/mol. The number of phenols is 1. The van der Waals surface area contributed by atoms with Crippen LogP contribution < -0.4 is 70.4 Å². The SMILES string of the molecule is CCCC[C@H]1C(=O)N(C)[C@@H](CCCC)C(=O)N[C@@H](CC(=O)O)C(=O)N[C@H](C(=O)NCC(N)=O)CSCC(=O)N[C@@H](Cc2ccc(O)cc2)C(=O)N(C)[C@@H](C)C(=O)N[C@@H](CC(=O)O)C(=O)N2CCC[C@H]2C(=O)N[C@@H](CC2=CN=CC2)C(=O)N[C@@H](CCCCN)C(=O)N2C[C@H](O)C[C@H]2C(=O)N[C@@H](Cc2c[nH]c3ccccc23)C(=O)N[C@@H](CCCCN)C(=O)N[C@@H](Cc2cn(CC(=O)O)c3ccccc23)C(=O)N1C. The Kier molecular flexibility index (Phi) is 42.0. The van der Waals surface area contributed by atoms with Crippen molar-refractivity contribution in [2.45, 2.75) is 259 Å². The van der Waals surface area contributed by atoms with E-state index < -0.39 is 260 Å². The molecule has 3 aromatic carbocycles. The first-order valence-electron chi connectivity index (χ1n) is 47.3. The van der Waals surface area contributed by atoms with Gasteiger partial charge in [0.25, 0.3) is 0 Å². The van der Waals surface area contributed by atoms with Crippen LogP contribution in [0.4, 0.5) is 0 Å². The number of carboxylic acid groups (broad SMARTS) is 3. The number of hydrogen-bond donors (Lipinski definition) is 19. The van der Waals surface area contributed by atoms with E-state index in [9.17, 15) is 78.3 Å². The maximum atomic E-state index is 16.1. The number of H-pyrrole nitrogens is 1. The summed E-state index contributed by atoms with van der Waals surface area (Å²) >= 11 is 0.663. The van der Waals surface area contributed by atoms with Gasteiger partial charge in [-0.25, -0.2) is 0 Å². The number of aliphatic carboxylic acids is 3. The van der Waals surface area contributed by atoms with Crippen LogP contribution in [-0.2, 0) is 117 Å². The van der Waals surface area contributed by atoms with Gasteiger partial charge in [-0.15, -0.1) is 11.8 Å². The number of aromatic amines is 1. The van der Waals surface area contributed by atoms with Crippen LogP contribution >= 0.6 is 11.8 Å². The molecule has 0 radical (unpaired) electrons. The Bertz CT molecular complexity index is 5420. The molecule has 46 heteroatoms. The summed E-state index contributed by atoms with van der Waals surface area (Å²) in [5.74, 6) is -21.9. The topological polar surface area (TPSA) is 673 Å². The lowest BCUT2D eigenvalue weighted by Gasteiger charge is -2.36. The zero-order valence-corrected chi connectivity index (χ0v) is 80.7. The molecule has 3 fully saturated rings. The number of carbonyl (C=O) groups excluding carboxylic acids is 16. The van der Waals surface area contributed by atoms with Gasteiger partial charge in [0.2, 0.25) is 94.5 Å². The summed E-state index contributed by atoms with van der Waals surface area (Å²) in [6.07, 6.45) is 2.80. The predicted octanol–water partition coefficient (Wildman–Crippen LogP) is -1.56. The van der Waals surface area contributed by atoms with Crippen molar-refractivity contribution in [1.82, 2.24) is 87.2 Å². The first-order valence-corrected chi connectivity index (χ1v) is 48.5. The van der Waals surface area contributed by atoms with Gasteiger partial charge in [0.15, 0.2) is 0 Å². The van der Waals surface area contributed by atoms with E-state index in [0.717, 1.165) is 24.5 Å². The molecule has 22 N–H and O–H groups in total. The third-order valence-electron chi connectivity index (χ3n) is 25.4. The smallest absolute Gasteiger partial charge is 0.323 e. The van der Waals surface area contributed by atoms with Crippen LogP contribution in [0.5, 0.6) is 5.75 Å². The molecule has 0 saturated carbocycles. The molecule has 0 bridgehead atoms. The number of thioether (sulfide) groups is 1. The van der Waals surface area contributed by atoms with E-state index in [1.165, 1.54) is 69.3 Å². The number of primary amides is 1. The third-order valence-corrected chi connectivity index (χ3v) is 26.4. The van der Waals surface area contributed by atoms with Crippen molar-refractivity contribution in [3.05, 3.63) is 114 Å². The molecule has 45 nitrogen and oxygen atoms in total. The van der Waals surface area contributed by atoms with Crippen molar-refractivity contribution in [2.24, 2.45) is 22.2 Å². The average Bonchev–Trinajstić information content (AvgIpc) is 1.72. The average molecular weight is 1980 g/mol. The van der Waals surface area contributed by atoms with Crippen molar-refractivity contribution >= 4 is 152 Å². The van der Waals surface area contributed by atoms with Crippen LogP contribution in [-0.4, -0.2) is 334 Å². The molecule has 141 heavy (non-hydrogen) atoms. The summed E-state index contributed by atoms with van der Waals surface area (Å²) in [6, 6.07) is -3.95. The van der Waals surface area contributed by atoms with Crippen molar-refractivity contribution < 1.29 is 117 Å². The fraction of sp³-hybridized carbons (Fsp3) is 0.537. The van der Waals surface area contributed by atoms with Crippen LogP contribution in [0.25, 0.3) is 21.8 Å². The van der Waals surface area contributed by atoms with Crippen LogP contribution in [0, 0.1) is 0 Å². The Hall–Kier alpha value is -13.9. The second-order valence-electron chi connectivity index (χ2n) is 35.9.